The van der Waals surface area contributed by atoms with Crippen LogP contribution in [-0.2, 0) is 0 Å². The summed E-state index contributed by atoms with van der Waals surface area (Å²) in [6, 6.07) is 8.48. The molecule has 1 N–H and O–H groups in total. The lowest BCUT2D eigenvalue weighted by atomic mass is 9.84. The Bertz CT molecular complexity index is 537. The van der Waals surface area contributed by atoms with Gasteiger partial charge in [0.25, 0.3) is 0 Å². The Hall–Kier alpha value is -0.860. The van der Waals surface area contributed by atoms with Crippen LogP contribution in [0.2, 0.25) is 0 Å². The summed E-state index contributed by atoms with van der Waals surface area (Å²) in [6.45, 7) is 2.15. The predicted molar refractivity (Wildman–Crippen MR) is 78.1 cm³/mol. The van der Waals surface area contributed by atoms with Crippen molar-refractivity contribution >= 4 is 21.4 Å². The molecule has 0 amide bonds. The van der Waals surface area contributed by atoms with Crippen molar-refractivity contribution in [2.45, 2.75) is 45.1 Å². The van der Waals surface area contributed by atoms with Gasteiger partial charge in [-0.15, -0.1) is 11.3 Å². The molecule has 1 aliphatic carbocycles. The SMILES string of the molecule is Cc1c(C(O)C2CCCCC2)sc2ccccc12. The lowest BCUT2D eigenvalue weighted by Gasteiger charge is -2.26. The summed E-state index contributed by atoms with van der Waals surface area (Å²) in [6.07, 6.45) is 6.04. The van der Waals surface area contributed by atoms with Crippen molar-refractivity contribution in [3.8, 4) is 0 Å². The first-order chi connectivity index (χ1) is 8.77. The summed E-state index contributed by atoms with van der Waals surface area (Å²) in [5.41, 5.74) is 1.29. The van der Waals surface area contributed by atoms with Crippen LogP contribution >= 0.6 is 11.3 Å². The lowest BCUT2D eigenvalue weighted by Crippen LogP contribution is -2.15. The molecule has 2 aromatic rings. The van der Waals surface area contributed by atoms with Gasteiger partial charge < -0.3 is 5.11 Å². The molecule has 0 saturated heterocycles. The molecule has 1 atom stereocenters. The highest BCUT2D eigenvalue weighted by molar-refractivity contribution is 7.19. The maximum absolute atomic E-state index is 10.6. The standard InChI is InChI=1S/C16H20OS/c1-11-13-9-5-6-10-14(13)18-16(11)15(17)12-7-3-2-4-8-12/h5-6,9-10,12,15,17H,2-4,7-8H2,1H3. The van der Waals surface area contributed by atoms with E-state index < -0.39 is 0 Å². The quantitative estimate of drug-likeness (QED) is 0.820. The highest BCUT2D eigenvalue weighted by Gasteiger charge is 2.26. The number of hydrogen-bond donors (Lipinski definition) is 1. The van der Waals surface area contributed by atoms with Crippen LogP contribution in [0.3, 0.4) is 0 Å². The summed E-state index contributed by atoms with van der Waals surface area (Å²) in [7, 11) is 0. The molecular formula is C16H20OS. The number of hydrogen-bond acceptors (Lipinski definition) is 2. The van der Waals surface area contributed by atoms with Gasteiger partial charge in [0.15, 0.2) is 0 Å². The average Bonchev–Trinajstić information content (AvgIpc) is 2.77. The molecule has 2 heteroatoms. The number of thiophene rings is 1. The second kappa shape index (κ2) is 5.02. The maximum atomic E-state index is 10.6. The van der Waals surface area contributed by atoms with Gasteiger partial charge in [-0.2, -0.15) is 0 Å². The third-order valence-electron chi connectivity index (χ3n) is 4.25. The number of aryl methyl sites for hydroxylation is 1. The Balaban J connectivity index is 1.95. The largest absolute Gasteiger partial charge is 0.387 e. The zero-order valence-corrected chi connectivity index (χ0v) is 11.7. The van der Waals surface area contributed by atoms with Crippen molar-refractivity contribution in [3.05, 3.63) is 34.7 Å². The van der Waals surface area contributed by atoms with E-state index in [1.807, 2.05) is 0 Å². The second-order valence-electron chi connectivity index (χ2n) is 5.43. The Labute approximate surface area is 112 Å². The molecule has 0 bridgehead atoms. The molecule has 1 aromatic heterocycles. The zero-order chi connectivity index (χ0) is 12.5. The normalized spacial score (nSPS) is 19.2. The third-order valence-corrected chi connectivity index (χ3v) is 5.59. The van der Waals surface area contributed by atoms with E-state index in [0.717, 1.165) is 0 Å². The number of aliphatic hydroxyl groups excluding tert-OH is 1. The van der Waals surface area contributed by atoms with Crippen LogP contribution in [0.5, 0.6) is 0 Å². The summed E-state index contributed by atoms with van der Waals surface area (Å²) < 4.78 is 1.31. The van der Waals surface area contributed by atoms with E-state index in [0.29, 0.717) is 5.92 Å². The first-order valence-corrected chi connectivity index (χ1v) is 7.75. The molecule has 1 fully saturated rings. The van der Waals surface area contributed by atoms with Crippen molar-refractivity contribution in [1.29, 1.82) is 0 Å². The van der Waals surface area contributed by atoms with Gasteiger partial charge in [-0.05, 0) is 42.7 Å². The second-order valence-corrected chi connectivity index (χ2v) is 6.51. The fraction of sp³-hybridized carbons (Fsp3) is 0.500. The van der Waals surface area contributed by atoms with E-state index in [1.165, 1.54) is 52.6 Å². The molecule has 0 aliphatic heterocycles. The first-order valence-electron chi connectivity index (χ1n) is 6.93. The van der Waals surface area contributed by atoms with Crippen molar-refractivity contribution in [1.82, 2.24) is 0 Å². The van der Waals surface area contributed by atoms with Crippen LogP contribution in [0.15, 0.2) is 24.3 Å². The molecule has 0 spiro atoms. The Kier molecular flexibility index (Phi) is 3.40. The van der Waals surface area contributed by atoms with Crippen molar-refractivity contribution < 1.29 is 5.11 Å². The Morgan fingerprint density at radius 2 is 1.89 bits per heavy atom. The fourth-order valence-electron chi connectivity index (χ4n) is 3.14. The topological polar surface area (TPSA) is 20.2 Å². The van der Waals surface area contributed by atoms with Crippen molar-refractivity contribution in [3.63, 3.8) is 0 Å². The van der Waals surface area contributed by atoms with Gasteiger partial charge in [-0.3, -0.25) is 0 Å². The number of rotatable bonds is 2. The Morgan fingerprint density at radius 1 is 1.17 bits per heavy atom. The first kappa shape index (κ1) is 12.2. The highest BCUT2D eigenvalue weighted by atomic mass is 32.1. The van der Waals surface area contributed by atoms with Crippen LogP contribution in [0.4, 0.5) is 0 Å². The minimum atomic E-state index is -0.248. The molecule has 1 heterocycles. The van der Waals surface area contributed by atoms with Gasteiger partial charge in [0.2, 0.25) is 0 Å². The molecule has 18 heavy (non-hydrogen) atoms. The average molecular weight is 260 g/mol. The van der Waals surface area contributed by atoms with Gasteiger partial charge in [0.1, 0.15) is 0 Å². The molecular weight excluding hydrogens is 240 g/mol. The molecule has 1 saturated carbocycles. The summed E-state index contributed by atoms with van der Waals surface area (Å²) in [4.78, 5) is 1.20. The minimum Gasteiger partial charge on any atom is -0.387 e. The minimum absolute atomic E-state index is 0.248. The molecule has 1 aliphatic rings. The summed E-state index contributed by atoms with van der Waals surface area (Å²) in [5.74, 6) is 0.477. The van der Waals surface area contributed by atoms with Crippen LogP contribution in [0, 0.1) is 12.8 Å². The number of benzene rings is 1. The monoisotopic (exact) mass is 260 g/mol. The molecule has 1 nitrogen and oxygen atoms in total. The van der Waals surface area contributed by atoms with E-state index in [-0.39, 0.29) is 6.10 Å². The molecule has 1 aromatic carbocycles. The zero-order valence-electron chi connectivity index (χ0n) is 10.9. The van der Waals surface area contributed by atoms with Crippen molar-refractivity contribution in [2.24, 2.45) is 5.92 Å². The summed E-state index contributed by atoms with van der Waals surface area (Å²) in [5, 5.41) is 11.9. The van der Waals surface area contributed by atoms with Gasteiger partial charge >= 0.3 is 0 Å². The van der Waals surface area contributed by atoms with Crippen LogP contribution in [-0.4, -0.2) is 5.11 Å². The van der Waals surface area contributed by atoms with E-state index in [2.05, 4.69) is 31.2 Å². The molecule has 3 rings (SSSR count). The molecule has 0 radical (unpaired) electrons. The highest BCUT2D eigenvalue weighted by Crippen LogP contribution is 2.41. The van der Waals surface area contributed by atoms with E-state index in [4.69, 9.17) is 0 Å². The van der Waals surface area contributed by atoms with E-state index >= 15 is 0 Å². The molecule has 1 unspecified atom stereocenters. The van der Waals surface area contributed by atoms with Gasteiger partial charge in [-0.1, -0.05) is 37.5 Å². The smallest absolute Gasteiger partial charge is 0.0913 e. The van der Waals surface area contributed by atoms with Crippen LogP contribution in [0.25, 0.3) is 10.1 Å². The third kappa shape index (κ3) is 2.08. The van der Waals surface area contributed by atoms with Crippen LogP contribution in [0.1, 0.15) is 48.6 Å². The number of fused-ring (bicyclic) bond motifs is 1. The van der Waals surface area contributed by atoms with Crippen molar-refractivity contribution in [2.75, 3.05) is 0 Å². The van der Waals surface area contributed by atoms with Gasteiger partial charge in [0, 0.05) is 9.58 Å². The Morgan fingerprint density at radius 3 is 2.61 bits per heavy atom. The van der Waals surface area contributed by atoms with E-state index in [9.17, 15) is 5.11 Å². The number of aliphatic hydroxyl groups is 1. The van der Waals surface area contributed by atoms with Gasteiger partial charge in [0.05, 0.1) is 6.10 Å². The van der Waals surface area contributed by atoms with Crippen LogP contribution < -0.4 is 0 Å². The van der Waals surface area contributed by atoms with Gasteiger partial charge in [-0.25, -0.2) is 0 Å². The maximum Gasteiger partial charge on any atom is 0.0913 e. The van der Waals surface area contributed by atoms with E-state index in [1.54, 1.807) is 11.3 Å². The fourth-order valence-corrected chi connectivity index (χ4v) is 4.43. The summed E-state index contributed by atoms with van der Waals surface area (Å²) >= 11 is 1.78. The lowest BCUT2D eigenvalue weighted by molar-refractivity contribution is 0.0875. The molecule has 96 valence electrons. The predicted octanol–water partition coefficient (Wildman–Crippen LogP) is 4.82.